The average molecular weight is 382 g/mol. The second kappa shape index (κ2) is 9.30. The molecule has 0 saturated carbocycles. The fourth-order valence-electron chi connectivity index (χ4n) is 2.08. The van der Waals surface area contributed by atoms with Crippen molar-refractivity contribution in [2.75, 3.05) is 20.3 Å². The number of ether oxygens (including phenoxy) is 2. The first-order valence-electron chi connectivity index (χ1n) is 7.51. The van der Waals surface area contributed by atoms with Crippen molar-refractivity contribution in [3.63, 3.8) is 0 Å². The summed E-state index contributed by atoms with van der Waals surface area (Å²) < 4.78 is 10.0. The van der Waals surface area contributed by atoms with Crippen molar-refractivity contribution in [2.45, 2.75) is 6.42 Å². The van der Waals surface area contributed by atoms with Crippen LogP contribution in [0.5, 0.6) is 5.75 Å². The Bertz CT molecular complexity index is 727. The molecule has 2 aromatic carbocycles. The highest BCUT2D eigenvalue weighted by Crippen LogP contribution is 2.19. The van der Waals surface area contributed by atoms with Crippen LogP contribution in [0.3, 0.4) is 0 Å². The highest BCUT2D eigenvalue weighted by molar-refractivity contribution is 6.35. The zero-order valence-corrected chi connectivity index (χ0v) is 15.1. The summed E-state index contributed by atoms with van der Waals surface area (Å²) in [6, 6.07) is 11.9. The fraction of sp³-hybridized carbons (Fsp3) is 0.222. The van der Waals surface area contributed by atoms with Gasteiger partial charge in [-0.15, -0.1) is 0 Å². The van der Waals surface area contributed by atoms with Crippen LogP contribution >= 0.6 is 23.2 Å². The first kappa shape index (κ1) is 19.1. The zero-order valence-electron chi connectivity index (χ0n) is 13.6. The summed E-state index contributed by atoms with van der Waals surface area (Å²) in [6.45, 7) is 0.0668. The molecule has 0 aliphatic rings. The van der Waals surface area contributed by atoms with Gasteiger partial charge in [-0.05, 0) is 42.3 Å². The van der Waals surface area contributed by atoms with E-state index in [0.29, 0.717) is 23.0 Å². The van der Waals surface area contributed by atoms with Crippen LogP contribution < -0.4 is 10.1 Å². The molecule has 2 rings (SSSR count). The van der Waals surface area contributed by atoms with E-state index < -0.39 is 5.97 Å². The predicted octanol–water partition coefficient (Wildman–Crippen LogP) is 3.52. The van der Waals surface area contributed by atoms with Gasteiger partial charge in [-0.1, -0.05) is 35.3 Å². The van der Waals surface area contributed by atoms with Crippen molar-refractivity contribution in [3.05, 3.63) is 63.6 Å². The molecule has 0 bridgehead atoms. The fourth-order valence-corrected chi connectivity index (χ4v) is 2.60. The Hall–Kier alpha value is -2.24. The van der Waals surface area contributed by atoms with Crippen molar-refractivity contribution in [3.8, 4) is 5.75 Å². The molecule has 0 saturated heterocycles. The summed E-state index contributed by atoms with van der Waals surface area (Å²) in [7, 11) is 1.61. The molecule has 0 atom stereocenters. The molecular weight excluding hydrogens is 365 g/mol. The van der Waals surface area contributed by atoms with Gasteiger partial charge in [0.05, 0.1) is 12.7 Å². The largest absolute Gasteiger partial charge is 0.497 e. The van der Waals surface area contributed by atoms with E-state index in [1.54, 1.807) is 7.11 Å². The summed E-state index contributed by atoms with van der Waals surface area (Å²) >= 11 is 11.6. The topological polar surface area (TPSA) is 64.6 Å². The van der Waals surface area contributed by atoms with Gasteiger partial charge >= 0.3 is 5.97 Å². The number of carbonyl (C=O) groups excluding carboxylic acids is 2. The Morgan fingerprint density at radius 2 is 1.68 bits per heavy atom. The van der Waals surface area contributed by atoms with Crippen molar-refractivity contribution in [1.82, 2.24) is 5.32 Å². The summed E-state index contributed by atoms with van der Waals surface area (Å²) in [5, 5.41) is 3.33. The molecule has 0 aliphatic carbocycles. The molecule has 0 fully saturated rings. The van der Waals surface area contributed by atoms with E-state index in [1.807, 2.05) is 24.3 Å². The second-order valence-corrected chi connectivity index (χ2v) is 6.06. The molecule has 25 heavy (non-hydrogen) atoms. The average Bonchev–Trinajstić information content (AvgIpc) is 2.59. The van der Waals surface area contributed by atoms with Crippen LogP contribution in [0.4, 0.5) is 0 Å². The van der Waals surface area contributed by atoms with Crippen LogP contribution in [-0.4, -0.2) is 32.1 Å². The Morgan fingerprint density at radius 3 is 2.28 bits per heavy atom. The highest BCUT2D eigenvalue weighted by atomic mass is 35.5. The lowest BCUT2D eigenvalue weighted by Crippen LogP contribution is -2.30. The van der Waals surface area contributed by atoms with Crippen LogP contribution in [0.2, 0.25) is 10.0 Å². The quantitative estimate of drug-likeness (QED) is 0.745. The normalized spacial score (nSPS) is 10.2. The summed E-state index contributed by atoms with van der Waals surface area (Å²) in [5.74, 6) is -0.259. The van der Waals surface area contributed by atoms with Crippen molar-refractivity contribution in [1.29, 1.82) is 0 Å². The monoisotopic (exact) mass is 381 g/mol. The van der Waals surface area contributed by atoms with Gasteiger partial charge in [-0.25, -0.2) is 4.79 Å². The van der Waals surface area contributed by atoms with E-state index in [0.717, 1.165) is 11.3 Å². The lowest BCUT2D eigenvalue weighted by atomic mass is 10.1. The van der Waals surface area contributed by atoms with E-state index in [2.05, 4.69) is 5.32 Å². The molecular formula is C18H17Cl2NO4. The number of amides is 1. The van der Waals surface area contributed by atoms with E-state index in [-0.39, 0.29) is 18.1 Å². The highest BCUT2D eigenvalue weighted by Gasteiger charge is 2.11. The van der Waals surface area contributed by atoms with Crippen LogP contribution in [0.15, 0.2) is 42.5 Å². The van der Waals surface area contributed by atoms with Gasteiger partial charge in [-0.3, -0.25) is 4.79 Å². The summed E-state index contributed by atoms with van der Waals surface area (Å²) in [6.07, 6.45) is 0.660. The van der Waals surface area contributed by atoms with Crippen molar-refractivity contribution < 1.29 is 19.1 Å². The summed E-state index contributed by atoms with van der Waals surface area (Å²) in [4.78, 5) is 23.6. The number of nitrogens with one attached hydrogen (secondary N) is 1. The maximum Gasteiger partial charge on any atom is 0.338 e. The van der Waals surface area contributed by atoms with Crippen molar-refractivity contribution >= 4 is 35.1 Å². The number of hydrogen-bond donors (Lipinski definition) is 1. The third-order valence-corrected chi connectivity index (χ3v) is 3.76. The van der Waals surface area contributed by atoms with Crippen LogP contribution in [0, 0.1) is 0 Å². The molecule has 0 spiro atoms. The van der Waals surface area contributed by atoms with Gasteiger partial charge in [0, 0.05) is 16.6 Å². The van der Waals surface area contributed by atoms with E-state index >= 15 is 0 Å². The number of rotatable bonds is 7. The Balaban J connectivity index is 1.73. The molecule has 1 N–H and O–H groups in total. The van der Waals surface area contributed by atoms with Gasteiger partial charge in [0.1, 0.15) is 5.75 Å². The molecule has 0 radical (unpaired) electrons. The Morgan fingerprint density at radius 1 is 1.04 bits per heavy atom. The predicted molar refractivity (Wildman–Crippen MR) is 96.5 cm³/mol. The number of benzene rings is 2. The number of carbonyl (C=O) groups is 2. The SMILES string of the molecule is COc1ccc(CCNC(=O)COC(=O)c2cc(Cl)cc(Cl)c2)cc1. The summed E-state index contributed by atoms with van der Waals surface area (Å²) in [5.41, 5.74) is 1.26. The van der Waals surface area contributed by atoms with E-state index in [4.69, 9.17) is 32.7 Å². The van der Waals surface area contributed by atoms with E-state index in [1.165, 1.54) is 18.2 Å². The van der Waals surface area contributed by atoms with Gasteiger partial charge in [0.25, 0.3) is 5.91 Å². The minimum absolute atomic E-state index is 0.198. The molecule has 7 heteroatoms. The third kappa shape index (κ3) is 6.29. The molecule has 0 heterocycles. The molecule has 0 aliphatic heterocycles. The van der Waals surface area contributed by atoms with E-state index in [9.17, 15) is 9.59 Å². The number of esters is 1. The van der Waals surface area contributed by atoms with Crippen LogP contribution in [0.25, 0.3) is 0 Å². The van der Waals surface area contributed by atoms with Gasteiger partial charge in [0.15, 0.2) is 6.61 Å². The molecule has 1 amide bonds. The number of hydrogen-bond acceptors (Lipinski definition) is 4. The molecule has 0 aromatic heterocycles. The third-order valence-electron chi connectivity index (χ3n) is 3.33. The lowest BCUT2D eigenvalue weighted by Gasteiger charge is -2.08. The molecule has 0 unspecified atom stereocenters. The zero-order chi connectivity index (χ0) is 18.2. The van der Waals surface area contributed by atoms with Gasteiger partial charge in [-0.2, -0.15) is 0 Å². The van der Waals surface area contributed by atoms with Crippen LogP contribution in [-0.2, 0) is 16.0 Å². The first-order chi connectivity index (χ1) is 12.0. The number of methoxy groups -OCH3 is 1. The van der Waals surface area contributed by atoms with Gasteiger partial charge < -0.3 is 14.8 Å². The van der Waals surface area contributed by atoms with Crippen molar-refractivity contribution in [2.24, 2.45) is 0 Å². The minimum atomic E-state index is -0.658. The smallest absolute Gasteiger partial charge is 0.338 e. The maximum absolute atomic E-state index is 11.9. The first-order valence-corrected chi connectivity index (χ1v) is 8.26. The lowest BCUT2D eigenvalue weighted by molar-refractivity contribution is -0.124. The molecule has 132 valence electrons. The molecule has 5 nitrogen and oxygen atoms in total. The number of halogens is 2. The standard InChI is InChI=1S/C18H17Cl2NO4/c1-24-16-4-2-12(3-5-16)6-7-21-17(22)11-25-18(23)13-8-14(19)10-15(20)9-13/h2-5,8-10H,6-7,11H2,1H3,(H,21,22). The maximum atomic E-state index is 11.9. The van der Waals surface area contributed by atoms with Crippen LogP contribution in [0.1, 0.15) is 15.9 Å². The Kier molecular flexibility index (Phi) is 7.10. The minimum Gasteiger partial charge on any atom is -0.497 e. The van der Waals surface area contributed by atoms with Gasteiger partial charge in [0.2, 0.25) is 0 Å². The second-order valence-electron chi connectivity index (χ2n) is 5.18. The molecule has 2 aromatic rings. The Labute approximate surface area is 155 Å².